The number of alkyl halides is 3. The van der Waals surface area contributed by atoms with Gasteiger partial charge in [-0.3, -0.25) is 0 Å². The number of halogens is 4. The van der Waals surface area contributed by atoms with Crippen LogP contribution in [0.15, 0.2) is 29.3 Å². The van der Waals surface area contributed by atoms with Crippen molar-refractivity contribution in [2.24, 2.45) is 4.99 Å². The zero-order valence-electron chi connectivity index (χ0n) is 13.9. The third-order valence-corrected chi connectivity index (χ3v) is 3.56. The van der Waals surface area contributed by atoms with Crippen molar-refractivity contribution < 1.29 is 23.0 Å². The number of ether oxygens (including phenoxy) is 1. The van der Waals surface area contributed by atoms with Gasteiger partial charge in [0.2, 0.25) is 0 Å². The highest BCUT2D eigenvalue weighted by Gasteiger charge is 2.28. The number of likely N-dealkylation sites (tertiary alicyclic amines) is 1. The predicted octanol–water partition coefficient (Wildman–Crippen LogP) is 2.78. The summed E-state index contributed by atoms with van der Waals surface area (Å²) in [5.41, 5.74) is 0.580. The smallest absolute Gasteiger partial charge is 0.422 e. The van der Waals surface area contributed by atoms with Crippen LogP contribution in [-0.2, 0) is 6.54 Å². The largest absolute Gasteiger partial charge is 0.484 e. The standard InChI is InChI=1S/C16H22F3N3O2.HI/c1-2-20-15(22-8-7-13(23)10-22)21-9-12-5-3-4-6-14(12)24-11-16(17,18)19;/h3-6,13,23H,2,7-11H2,1H3,(H,20,21);1H/t13-;/m1./s1. The summed E-state index contributed by atoms with van der Waals surface area (Å²) in [7, 11) is 0. The molecule has 0 unspecified atom stereocenters. The minimum absolute atomic E-state index is 0. The first kappa shape index (κ1) is 21.8. The lowest BCUT2D eigenvalue weighted by Crippen LogP contribution is -2.40. The second-order valence-electron chi connectivity index (χ2n) is 5.57. The minimum atomic E-state index is -4.38. The molecule has 1 aliphatic rings. The number of aliphatic hydroxyl groups is 1. The number of para-hydroxylation sites is 1. The van der Waals surface area contributed by atoms with Gasteiger partial charge in [0.1, 0.15) is 5.75 Å². The fraction of sp³-hybridized carbons (Fsp3) is 0.562. The Morgan fingerprint density at radius 2 is 2.12 bits per heavy atom. The second-order valence-corrected chi connectivity index (χ2v) is 5.57. The zero-order valence-corrected chi connectivity index (χ0v) is 16.3. The highest BCUT2D eigenvalue weighted by atomic mass is 127. The highest BCUT2D eigenvalue weighted by Crippen LogP contribution is 2.23. The van der Waals surface area contributed by atoms with Gasteiger partial charge in [-0.2, -0.15) is 13.2 Å². The van der Waals surface area contributed by atoms with Gasteiger partial charge < -0.3 is 20.1 Å². The molecule has 0 spiro atoms. The third-order valence-electron chi connectivity index (χ3n) is 3.56. The fourth-order valence-corrected chi connectivity index (χ4v) is 2.45. The van der Waals surface area contributed by atoms with Crippen molar-refractivity contribution in [2.75, 3.05) is 26.2 Å². The van der Waals surface area contributed by atoms with Crippen LogP contribution in [0.4, 0.5) is 13.2 Å². The molecule has 1 atom stereocenters. The van der Waals surface area contributed by atoms with Gasteiger partial charge in [-0.1, -0.05) is 18.2 Å². The molecule has 5 nitrogen and oxygen atoms in total. The zero-order chi connectivity index (χ0) is 17.6. The Hall–Kier alpha value is -1.23. The summed E-state index contributed by atoms with van der Waals surface area (Å²) in [6.07, 6.45) is -4.08. The van der Waals surface area contributed by atoms with E-state index in [4.69, 9.17) is 4.74 Å². The van der Waals surface area contributed by atoms with E-state index in [1.165, 1.54) is 6.07 Å². The molecule has 0 aromatic heterocycles. The van der Waals surface area contributed by atoms with Crippen molar-refractivity contribution >= 4 is 29.9 Å². The fourth-order valence-electron chi connectivity index (χ4n) is 2.45. The quantitative estimate of drug-likeness (QED) is 0.393. The molecule has 2 rings (SSSR count). The number of hydrogen-bond acceptors (Lipinski definition) is 3. The van der Waals surface area contributed by atoms with Crippen LogP contribution in [0.1, 0.15) is 18.9 Å². The van der Waals surface area contributed by atoms with Gasteiger partial charge in [0.25, 0.3) is 0 Å². The molecular weight excluding hydrogens is 450 g/mol. The van der Waals surface area contributed by atoms with Crippen molar-refractivity contribution in [1.82, 2.24) is 10.2 Å². The van der Waals surface area contributed by atoms with Crippen molar-refractivity contribution in [3.05, 3.63) is 29.8 Å². The Kier molecular flexibility index (Phi) is 8.77. The van der Waals surface area contributed by atoms with Crippen LogP contribution in [-0.4, -0.2) is 54.5 Å². The van der Waals surface area contributed by atoms with Crippen LogP contribution in [0, 0.1) is 0 Å². The molecule has 1 fully saturated rings. The Bertz CT molecular complexity index is 570. The number of nitrogens with zero attached hydrogens (tertiary/aromatic N) is 2. The lowest BCUT2D eigenvalue weighted by molar-refractivity contribution is -0.153. The van der Waals surface area contributed by atoms with E-state index in [1.54, 1.807) is 18.2 Å². The Morgan fingerprint density at radius 1 is 1.40 bits per heavy atom. The number of aliphatic hydroxyl groups excluding tert-OH is 1. The Labute approximate surface area is 162 Å². The average Bonchev–Trinajstić information content (AvgIpc) is 2.96. The van der Waals surface area contributed by atoms with Gasteiger partial charge in [-0.25, -0.2) is 4.99 Å². The van der Waals surface area contributed by atoms with Crippen LogP contribution in [0.5, 0.6) is 5.75 Å². The second kappa shape index (κ2) is 10.0. The number of aliphatic imine (C=N–C) groups is 1. The van der Waals surface area contributed by atoms with Crippen molar-refractivity contribution in [2.45, 2.75) is 32.2 Å². The maximum atomic E-state index is 12.3. The molecule has 25 heavy (non-hydrogen) atoms. The van der Waals surface area contributed by atoms with Crippen LogP contribution in [0.2, 0.25) is 0 Å². The number of benzene rings is 1. The highest BCUT2D eigenvalue weighted by molar-refractivity contribution is 14.0. The summed E-state index contributed by atoms with van der Waals surface area (Å²) in [5, 5.41) is 12.8. The molecule has 0 bridgehead atoms. The van der Waals surface area contributed by atoms with Crippen LogP contribution < -0.4 is 10.1 Å². The molecule has 0 amide bonds. The van der Waals surface area contributed by atoms with Crippen LogP contribution >= 0.6 is 24.0 Å². The number of β-amino-alcohol motifs (C(OH)–C–C–N with tert-alkyl or cyclic N) is 1. The first-order chi connectivity index (χ1) is 11.4. The predicted molar refractivity (Wildman–Crippen MR) is 100 cm³/mol. The first-order valence-electron chi connectivity index (χ1n) is 7.88. The van der Waals surface area contributed by atoms with Crippen LogP contribution in [0.25, 0.3) is 0 Å². The molecule has 0 aliphatic carbocycles. The molecule has 0 radical (unpaired) electrons. The van der Waals surface area contributed by atoms with E-state index >= 15 is 0 Å². The summed E-state index contributed by atoms with van der Waals surface area (Å²) in [4.78, 5) is 6.40. The maximum Gasteiger partial charge on any atom is 0.422 e. The molecule has 9 heteroatoms. The molecular formula is C16H23F3IN3O2. The summed E-state index contributed by atoms with van der Waals surface area (Å²) >= 11 is 0. The van der Waals surface area contributed by atoms with Crippen molar-refractivity contribution in [1.29, 1.82) is 0 Å². The van der Waals surface area contributed by atoms with Gasteiger partial charge in [-0.15, -0.1) is 24.0 Å². The van der Waals surface area contributed by atoms with Gasteiger partial charge in [0.05, 0.1) is 12.6 Å². The molecule has 142 valence electrons. The van der Waals surface area contributed by atoms with E-state index in [1.807, 2.05) is 11.8 Å². The topological polar surface area (TPSA) is 57.1 Å². The monoisotopic (exact) mass is 473 g/mol. The molecule has 1 aromatic carbocycles. The maximum absolute atomic E-state index is 12.3. The average molecular weight is 473 g/mol. The lowest BCUT2D eigenvalue weighted by Gasteiger charge is -2.21. The van der Waals surface area contributed by atoms with Gasteiger partial charge >= 0.3 is 6.18 Å². The molecule has 0 saturated carbocycles. The van der Waals surface area contributed by atoms with Gasteiger partial charge in [0.15, 0.2) is 12.6 Å². The summed E-state index contributed by atoms with van der Waals surface area (Å²) in [6, 6.07) is 6.56. The third kappa shape index (κ3) is 7.27. The van der Waals surface area contributed by atoms with Gasteiger partial charge in [-0.05, 0) is 19.4 Å². The van der Waals surface area contributed by atoms with E-state index in [0.717, 1.165) is 0 Å². The summed E-state index contributed by atoms with van der Waals surface area (Å²) < 4.78 is 41.9. The van der Waals surface area contributed by atoms with Crippen molar-refractivity contribution in [3.8, 4) is 5.75 Å². The van der Waals surface area contributed by atoms with E-state index in [-0.39, 0.29) is 42.4 Å². The lowest BCUT2D eigenvalue weighted by atomic mass is 10.2. The molecule has 1 heterocycles. The number of guanidine groups is 1. The molecule has 1 saturated heterocycles. The normalized spacial score (nSPS) is 18.0. The van der Waals surface area contributed by atoms with E-state index in [2.05, 4.69) is 10.3 Å². The Morgan fingerprint density at radius 3 is 2.72 bits per heavy atom. The number of nitrogens with one attached hydrogen (secondary N) is 1. The minimum Gasteiger partial charge on any atom is -0.484 e. The summed E-state index contributed by atoms with van der Waals surface area (Å²) in [5.74, 6) is 0.815. The number of hydrogen-bond donors (Lipinski definition) is 2. The van der Waals surface area contributed by atoms with Crippen molar-refractivity contribution in [3.63, 3.8) is 0 Å². The van der Waals surface area contributed by atoms with E-state index in [9.17, 15) is 18.3 Å². The molecule has 1 aliphatic heterocycles. The van der Waals surface area contributed by atoms with Crippen LogP contribution in [0.3, 0.4) is 0 Å². The summed E-state index contributed by atoms with van der Waals surface area (Å²) in [6.45, 7) is 2.66. The SMILES string of the molecule is CCNC(=NCc1ccccc1OCC(F)(F)F)N1CC[C@@H](O)C1.I. The molecule has 2 N–H and O–H groups in total. The van der Waals surface area contributed by atoms with Gasteiger partial charge in [0, 0.05) is 25.2 Å². The number of rotatable bonds is 5. The molecule has 1 aromatic rings. The van der Waals surface area contributed by atoms with E-state index < -0.39 is 12.8 Å². The van der Waals surface area contributed by atoms with E-state index in [0.29, 0.717) is 37.6 Å². The Balaban J connectivity index is 0.00000312. The first-order valence-corrected chi connectivity index (χ1v) is 7.88.